The van der Waals surface area contributed by atoms with Gasteiger partial charge in [-0.05, 0) is 12.1 Å². The van der Waals surface area contributed by atoms with Crippen LogP contribution >= 0.6 is 15.9 Å². The lowest BCUT2D eigenvalue weighted by atomic mass is 10.2. The van der Waals surface area contributed by atoms with E-state index in [1.165, 1.54) is 7.11 Å². The molecule has 2 amide bonds. The van der Waals surface area contributed by atoms with Gasteiger partial charge in [0.2, 0.25) is 5.91 Å². The number of carbonyl (C=O) groups excluding carboxylic acids is 2. The van der Waals surface area contributed by atoms with E-state index in [1.54, 1.807) is 0 Å². The summed E-state index contributed by atoms with van der Waals surface area (Å²) in [6, 6.07) is 2.07. The van der Waals surface area contributed by atoms with Crippen molar-refractivity contribution < 1.29 is 23.1 Å². The third-order valence-electron chi connectivity index (χ3n) is 2.08. The fourth-order valence-corrected chi connectivity index (χ4v) is 1.62. The summed E-state index contributed by atoms with van der Waals surface area (Å²) >= 11 is 2.93. The Labute approximate surface area is 116 Å². The third-order valence-corrected chi connectivity index (χ3v) is 2.54. The largest absolute Gasteiger partial charge is 0.453 e. The molecule has 1 aromatic rings. The van der Waals surface area contributed by atoms with E-state index in [-0.39, 0.29) is 17.4 Å². The lowest BCUT2D eigenvalue weighted by molar-refractivity contribution is -0.116. The number of ether oxygens (including phenoxy) is 1. The molecule has 0 heterocycles. The summed E-state index contributed by atoms with van der Waals surface area (Å²) in [6.07, 6.45) is -0.821. The third kappa shape index (κ3) is 4.82. The van der Waals surface area contributed by atoms with Crippen LogP contribution in [0.4, 0.5) is 19.3 Å². The van der Waals surface area contributed by atoms with Gasteiger partial charge in [0.05, 0.1) is 7.11 Å². The fraction of sp³-hybridized carbons (Fsp3) is 0.273. The molecule has 0 radical (unpaired) electrons. The van der Waals surface area contributed by atoms with Crippen molar-refractivity contribution in [2.75, 3.05) is 19.0 Å². The molecular weight excluding hydrogens is 326 g/mol. The molecule has 0 saturated heterocycles. The Morgan fingerprint density at radius 2 is 1.89 bits per heavy atom. The molecule has 0 spiro atoms. The minimum atomic E-state index is -0.888. The number of benzene rings is 1. The van der Waals surface area contributed by atoms with E-state index < -0.39 is 29.3 Å². The molecule has 104 valence electrons. The second-order valence-corrected chi connectivity index (χ2v) is 4.38. The molecule has 0 atom stereocenters. The van der Waals surface area contributed by atoms with E-state index in [0.717, 1.165) is 12.1 Å². The smallest absolute Gasteiger partial charge is 0.406 e. The summed E-state index contributed by atoms with van der Waals surface area (Å²) in [6.45, 7) is -0.00171. The zero-order valence-electron chi connectivity index (χ0n) is 9.93. The lowest BCUT2D eigenvalue weighted by Gasteiger charge is -2.08. The number of rotatable bonds is 4. The van der Waals surface area contributed by atoms with E-state index in [0.29, 0.717) is 0 Å². The normalized spacial score (nSPS) is 9.89. The highest BCUT2D eigenvalue weighted by molar-refractivity contribution is 9.10. The Morgan fingerprint density at radius 3 is 2.42 bits per heavy atom. The second kappa shape index (κ2) is 7.03. The molecule has 1 rings (SSSR count). The van der Waals surface area contributed by atoms with Crippen LogP contribution in [0.1, 0.15) is 6.42 Å². The van der Waals surface area contributed by atoms with Crippen molar-refractivity contribution >= 4 is 33.6 Å². The van der Waals surface area contributed by atoms with Gasteiger partial charge >= 0.3 is 6.09 Å². The SMILES string of the molecule is COC(=O)NCCC(=O)Nc1c(F)cc(Br)cc1F. The van der Waals surface area contributed by atoms with Crippen molar-refractivity contribution in [2.45, 2.75) is 6.42 Å². The summed E-state index contributed by atoms with van der Waals surface area (Å²) in [5, 5.41) is 4.37. The minimum Gasteiger partial charge on any atom is -0.453 e. The maximum absolute atomic E-state index is 13.4. The Bertz CT molecular complexity index is 474. The number of halogens is 3. The number of methoxy groups -OCH3 is 1. The first-order valence-corrected chi connectivity index (χ1v) is 5.99. The number of hydrogen-bond acceptors (Lipinski definition) is 3. The van der Waals surface area contributed by atoms with Gasteiger partial charge in [-0.2, -0.15) is 0 Å². The summed E-state index contributed by atoms with van der Waals surface area (Å²) in [7, 11) is 1.18. The molecule has 0 aliphatic heterocycles. The molecule has 0 aliphatic rings. The van der Waals surface area contributed by atoms with Gasteiger partial charge in [0.25, 0.3) is 0 Å². The van der Waals surface area contributed by atoms with Crippen LogP contribution in [0.5, 0.6) is 0 Å². The van der Waals surface area contributed by atoms with Crippen molar-refractivity contribution in [3.8, 4) is 0 Å². The fourth-order valence-electron chi connectivity index (χ4n) is 1.21. The van der Waals surface area contributed by atoms with Crippen LogP contribution in [-0.2, 0) is 9.53 Å². The van der Waals surface area contributed by atoms with E-state index in [4.69, 9.17) is 0 Å². The van der Waals surface area contributed by atoms with Gasteiger partial charge in [0.15, 0.2) is 11.6 Å². The molecule has 19 heavy (non-hydrogen) atoms. The Kier molecular flexibility index (Phi) is 5.68. The molecule has 0 saturated carbocycles. The quantitative estimate of drug-likeness (QED) is 0.887. The molecule has 2 N–H and O–H groups in total. The lowest BCUT2D eigenvalue weighted by Crippen LogP contribution is -2.27. The zero-order valence-corrected chi connectivity index (χ0v) is 11.5. The van der Waals surface area contributed by atoms with Crippen LogP contribution in [0.25, 0.3) is 0 Å². The van der Waals surface area contributed by atoms with Crippen LogP contribution in [0.15, 0.2) is 16.6 Å². The summed E-state index contributed by atoms with van der Waals surface area (Å²) in [4.78, 5) is 22.1. The maximum Gasteiger partial charge on any atom is 0.406 e. The number of carbonyl (C=O) groups is 2. The number of nitrogens with one attached hydrogen (secondary N) is 2. The minimum absolute atomic E-state index is 0.00171. The van der Waals surface area contributed by atoms with Gasteiger partial charge in [-0.25, -0.2) is 13.6 Å². The number of alkyl carbamates (subject to hydrolysis) is 1. The first-order chi connectivity index (χ1) is 8.93. The molecule has 5 nitrogen and oxygen atoms in total. The number of amides is 2. The van der Waals surface area contributed by atoms with Gasteiger partial charge in [-0.3, -0.25) is 4.79 Å². The molecule has 0 fully saturated rings. The summed E-state index contributed by atoms with van der Waals surface area (Å²) in [5.74, 6) is -2.40. The highest BCUT2D eigenvalue weighted by Gasteiger charge is 2.13. The topological polar surface area (TPSA) is 67.4 Å². The molecular formula is C11H11BrF2N2O3. The van der Waals surface area contributed by atoms with Gasteiger partial charge in [-0.1, -0.05) is 15.9 Å². The van der Waals surface area contributed by atoms with Crippen molar-refractivity contribution in [3.63, 3.8) is 0 Å². The summed E-state index contributed by atoms with van der Waals surface area (Å²) in [5.41, 5.74) is -0.522. The molecule has 0 aromatic heterocycles. The zero-order chi connectivity index (χ0) is 14.4. The van der Waals surface area contributed by atoms with Crippen LogP contribution in [0.2, 0.25) is 0 Å². The Balaban J connectivity index is 2.56. The van der Waals surface area contributed by atoms with E-state index in [2.05, 4.69) is 31.3 Å². The monoisotopic (exact) mass is 336 g/mol. The first-order valence-electron chi connectivity index (χ1n) is 5.20. The summed E-state index contributed by atoms with van der Waals surface area (Å²) < 4.78 is 31.3. The van der Waals surface area contributed by atoms with Gasteiger partial charge in [0, 0.05) is 17.4 Å². The van der Waals surface area contributed by atoms with Gasteiger partial charge < -0.3 is 15.4 Å². The van der Waals surface area contributed by atoms with Crippen molar-refractivity contribution in [2.24, 2.45) is 0 Å². The predicted octanol–water partition coefficient (Wildman–Crippen LogP) is 2.41. The van der Waals surface area contributed by atoms with Crippen LogP contribution in [0.3, 0.4) is 0 Å². The standard InChI is InChI=1S/C11H11BrF2N2O3/c1-19-11(18)15-3-2-9(17)16-10-7(13)4-6(12)5-8(10)14/h4-5H,2-3H2,1H3,(H,15,18)(H,16,17). The molecule has 0 unspecified atom stereocenters. The van der Waals surface area contributed by atoms with E-state index in [9.17, 15) is 18.4 Å². The van der Waals surface area contributed by atoms with Crippen LogP contribution in [-0.4, -0.2) is 25.7 Å². The first kappa shape index (κ1) is 15.4. The van der Waals surface area contributed by atoms with E-state index >= 15 is 0 Å². The molecule has 8 heteroatoms. The number of anilines is 1. The molecule has 0 aliphatic carbocycles. The van der Waals surface area contributed by atoms with E-state index in [1.807, 2.05) is 0 Å². The van der Waals surface area contributed by atoms with Gasteiger partial charge in [0.1, 0.15) is 5.69 Å². The van der Waals surface area contributed by atoms with Crippen molar-refractivity contribution in [3.05, 3.63) is 28.2 Å². The molecule has 1 aromatic carbocycles. The Morgan fingerprint density at radius 1 is 1.32 bits per heavy atom. The van der Waals surface area contributed by atoms with Crippen LogP contribution in [0, 0.1) is 11.6 Å². The molecule has 0 bridgehead atoms. The van der Waals surface area contributed by atoms with Gasteiger partial charge in [-0.15, -0.1) is 0 Å². The second-order valence-electron chi connectivity index (χ2n) is 3.46. The highest BCUT2D eigenvalue weighted by atomic mass is 79.9. The maximum atomic E-state index is 13.4. The van der Waals surface area contributed by atoms with Crippen molar-refractivity contribution in [1.29, 1.82) is 0 Å². The average Bonchev–Trinajstić information content (AvgIpc) is 2.33. The average molecular weight is 337 g/mol. The van der Waals surface area contributed by atoms with Crippen LogP contribution < -0.4 is 10.6 Å². The van der Waals surface area contributed by atoms with Crippen molar-refractivity contribution in [1.82, 2.24) is 5.32 Å². The number of hydrogen-bond donors (Lipinski definition) is 2. The predicted molar refractivity (Wildman–Crippen MR) is 67.7 cm³/mol. The Hall–Kier alpha value is -1.70. The highest BCUT2D eigenvalue weighted by Crippen LogP contribution is 2.23.